The smallest absolute Gasteiger partial charge is 0.406 e. The molecule has 0 atom stereocenters. The minimum atomic E-state index is -0.745. The number of rotatable bonds is 9. The molecule has 2 aliphatic rings. The third-order valence-corrected chi connectivity index (χ3v) is 9.61. The van der Waals surface area contributed by atoms with Crippen molar-refractivity contribution >= 4 is 54.3 Å². The number of thiol groups is 1. The Morgan fingerprint density at radius 3 is 0.688 bits per heavy atom. The van der Waals surface area contributed by atoms with Gasteiger partial charge in [-0.25, -0.2) is 9.59 Å². The lowest BCUT2D eigenvalue weighted by atomic mass is 9.98. The third-order valence-electron chi connectivity index (χ3n) is 9.61. The van der Waals surface area contributed by atoms with Crippen molar-refractivity contribution in [2.24, 2.45) is 11.5 Å². The zero-order valence-corrected chi connectivity index (χ0v) is 58.9. The topological polar surface area (TPSA) is 311 Å². The van der Waals surface area contributed by atoms with E-state index in [-0.39, 0.29) is 96.8 Å². The second-order valence-corrected chi connectivity index (χ2v) is 17.9. The number of nitrogens with two attached hydrogens (primary N) is 2. The first kappa shape index (κ1) is 120. The Bertz CT molecular complexity index is 2040. The maximum absolute atomic E-state index is 11.3. The van der Waals surface area contributed by atoms with Crippen molar-refractivity contribution in [2.75, 3.05) is 75.4 Å². The number of carbonyl (C=O) groups is 7. The van der Waals surface area contributed by atoms with Gasteiger partial charge in [0.2, 0.25) is 17.7 Å². The van der Waals surface area contributed by atoms with E-state index in [1.54, 1.807) is 42.2 Å². The number of ether oxygens (including phenoxy) is 2. The zero-order chi connectivity index (χ0) is 70.4. The van der Waals surface area contributed by atoms with Gasteiger partial charge >= 0.3 is 18.2 Å². The molecule has 0 radical (unpaired) electrons. The van der Waals surface area contributed by atoms with Crippen molar-refractivity contribution in [3.63, 3.8) is 0 Å². The van der Waals surface area contributed by atoms with Crippen molar-refractivity contribution in [1.82, 2.24) is 26.6 Å². The molecule has 0 heterocycles. The highest BCUT2D eigenvalue weighted by Gasteiger charge is 2.30. The number of hydrogen-bond donors (Lipinski definition) is 11. The van der Waals surface area contributed by atoms with Gasteiger partial charge < -0.3 is 67.6 Å². The van der Waals surface area contributed by atoms with Crippen LogP contribution in [0.3, 0.4) is 0 Å². The molecule has 0 bridgehead atoms. The van der Waals surface area contributed by atoms with E-state index >= 15 is 0 Å². The normalized spacial score (nSPS) is 8.71. The molecular formula is C73H141N7O12S. The number of ketones is 1. The van der Waals surface area contributed by atoms with Crippen LogP contribution in [0.2, 0.25) is 0 Å². The third kappa shape index (κ3) is 70.5. The lowest BCUT2D eigenvalue weighted by Crippen LogP contribution is -2.21. The molecule has 0 spiro atoms. The number of aliphatic hydroxyl groups is 2. The Labute approximate surface area is 574 Å². The molecule has 4 aromatic rings. The Hall–Kier alpha value is -7.26. The molecule has 546 valence electrons. The summed E-state index contributed by atoms with van der Waals surface area (Å²) in [6, 6.07) is 33.2. The number of alkyl carbamates (subject to hydrolysis) is 2. The first-order chi connectivity index (χ1) is 42.0. The number of aliphatic hydroxyl groups excluding tert-OH is 2. The van der Waals surface area contributed by atoms with Crippen molar-refractivity contribution < 1.29 is 58.4 Å². The second-order valence-electron chi connectivity index (χ2n) is 17.2. The number of carboxylic acid groups (broad SMARTS) is 1. The fraction of sp³-hybridized carbons (Fsp3) is 0.548. The van der Waals surface area contributed by atoms with E-state index in [0.29, 0.717) is 38.9 Å². The van der Waals surface area contributed by atoms with E-state index in [0.717, 1.165) is 12.9 Å². The van der Waals surface area contributed by atoms with Crippen LogP contribution >= 0.6 is 12.6 Å². The average molecular weight is 1340 g/mol. The monoisotopic (exact) mass is 1340 g/mol. The summed E-state index contributed by atoms with van der Waals surface area (Å²) >= 11 is 3.79. The number of carbonyl (C=O) groups excluding carboxylic acids is 6. The predicted molar refractivity (Wildman–Crippen MR) is 407 cm³/mol. The number of benzene rings is 4. The number of nitrogens with one attached hydrogen (secondary N) is 5. The molecule has 0 aliphatic heterocycles. The first-order valence-corrected chi connectivity index (χ1v) is 30.5. The lowest BCUT2D eigenvalue weighted by molar-refractivity contribution is -0.136. The summed E-state index contributed by atoms with van der Waals surface area (Å²) in [4.78, 5) is 71.5. The van der Waals surface area contributed by atoms with Gasteiger partial charge in [-0.2, -0.15) is 12.6 Å². The van der Waals surface area contributed by atoms with Crippen LogP contribution in [0.25, 0.3) is 22.3 Å². The van der Waals surface area contributed by atoms with Crippen LogP contribution in [0.15, 0.2) is 109 Å². The molecule has 0 saturated heterocycles. The van der Waals surface area contributed by atoms with E-state index in [2.05, 4.69) is 147 Å². The molecule has 0 fully saturated rings. The van der Waals surface area contributed by atoms with Crippen LogP contribution in [-0.4, -0.2) is 132 Å². The van der Waals surface area contributed by atoms with Gasteiger partial charge in [0.25, 0.3) is 0 Å². The maximum atomic E-state index is 11.3. The van der Waals surface area contributed by atoms with Crippen LogP contribution in [0, 0.1) is 0 Å². The molecule has 0 saturated carbocycles. The van der Waals surface area contributed by atoms with Gasteiger partial charge in [-0.15, -0.1) is 0 Å². The van der Waals surface area contributed by atoms with Crippen molar-refractivity contribution in [3.8, 4) is 22.3 Å². The molecule has 4 aromatic carbocycles. The summed E-state index contributed by atoms with van der Waals surface area (Å²) in [5.74, 6) is 1.16. The Kier molecular flexibility index (Phi) is 117. The molecule has 19 nitrogen and oxygen atoms in total. The molecule has 6 rings (SSSR count). The van der Waals surface area contributed by atoms with Crippen molar-refractivity contribution in [1.29, 1.82) is 0 Å². The fourth-order valence-electron chi connectivity index (χ4n) is 5.87. The maximum Gasteiger partial charge on any atom is 0.406 e. The van der Waals surface area contributed by atoms with Gasteiger partial charge in [0.05, 0.1) is 5.76 Å². The minimum Gasteiger partial charge on any atom is -0.513 e. The first-order valence-electron chi connectivity index (χ1n) is 29.9. The van der Waals surface area contributed by atoms with Crippen molar-refractivity contribution in [3.05, 3.63) is 132 Å². The minimum absolute atomic E-state index is 0. The Morgan fingerprint density at radius 1 is 0.419 bits per heavy atom. The number of hydrogen-bond acceptors (Lipinski definition) is 14. The lowest BCUT2D eigenvalue weighted by Gasteiger charge is -2.13. The molecule has 12 N–H and O–H groups in total. The molecule has 2 aliphatic carbocycles. The molecule has 0 unspecified atom stereocenters. The van der Waals surface area contributed by atoms with E-state index in [1.807, 2.05) is 83.1 Å². The van der Waals surface area contributed by atoms with E-state index in [1.165, 1.54) is 91.7 Å². The summed E-state index contributed by atoms with van der Waals surface area (Å²) in [5, 5.41) is 35.3. The number of allylic oxidation sites excluding steroid dienone is 1. The average Bonchev–Trinajstić information content (AvgIpc) is 1.64. The molecular weight excluding hydrogens is 1200 g/mol. The van der Waals surface area contributed by atoms with Crippen LogP contribution in [0.1, 0.15) is 220 Å². The summed E-state index contributed by atoms with van der Waals surface area (Å²) < 4.78 is 10.5. The van der Waals surface area contributed by atoms with E-state index in [9.17, 15) is 33.6 Å². The molecule has 20 heteroatoms. The highest BCUT2D eigenvalue weighted by Crippen LogP contribution is 2.45. The van der Waals surface area contributed by atoms with Gasteiger partial charge in [0.15, 0.2) is 0 Å². The number of carboxylic acids is 1. The van der Waals surface area contributed by atoms with Gasteiger partial charge in [-0.1, -0.05) is 243 Å². The highest BCUT2D eigenvalue weighted by molar-refractivity contribution is 7.80. The molecule has 93 heavy (non-hydrogen) atoms. The summed E-state index contributed by atoms with van der Waals surface area (Å²) in [5.41, 5.74) is 18.9. The summed E-state index contributed by atoms with van der Waals surface area (Å²) in [7, 11) is 12.0. The van der Waals surface area contributed by atoms with Gasteiger partial charge in [0.1, 0.15) is 19.0 Å². The quantitative estimate of drug-likeness (QED) is 0.0549. The standard InChI is InChI=1S/2C16H15NO2.3C4H9NO.C4H8O.C3H6O2.C3H6O.3C3H8.C2H6S.2CH5N.CH4O.5CH4/c2*1-17-16(18)19-10-15-13-8-4-2-6-11(13)12-7-3-5-9-14(12)15;3*1-3-4(6)5-2;1-3-4(2)5;1-2-3(4)5;1-3(2)4;3*1-3-2;1-2-3;3*1-2;;;;;/h2*2-9,15H,10H2,1H3,(H,17,18);3*3H2,1-2H3,(H,5,6);5H,2-3H2,1H3;2H2,1H3,(H,4,5);1-2H3;3*3H2,1-2H3;3H,2H2,1H3;2*2H2,1H3;2H,1H3;5*1H4. The second kappa shape index (κ2) is 91.2. The number of aliphatic carboxylic acids is 1. The number of amides is 5. The number of Topliss-reactive ketones (excluding diaryl/α,β-unsaturated/α-hetero) is 1. The largest absolute Gasteiger partial charge is 0.513 e. The zero-order valence-electron chi connectivity index (χ0n) is 58.0. The molecule has 5 amide bonds. The van der Waals surface area contributed by atoms with Crippen LogP contribution in [-0.2, 0) is 33.4 Å². The molecule has 0 aromatic heterocycles. The predicted octanol–water partition coefficient (Wildman–Crippen LogP) is 16.4. The van der Waals surface area contributed by atoms with E-state index < -0.39 is 5.97 Å². The van der Waals surface area contributed by atoms with Gasteiger partial charge in [-0.3, -0.25) is 19.2 Å². The van der Waals surface area contributed by atoms with Gasteiger partial charge in [0, 0.05) is 86.3 Å². The van der Waals surface area contributed by atoms with Crippen LogP contribution < -0.4 is 38.1 Å². The van der Waals surface area contributed by atoms with Crippen LogP contribution in [0.4, 0.5) is 9.59 Å². The highest BCUT2D eigenvalue weighted by atomic mass is 32.1. The van der Waals surface area contributed by atoms with Gasteiger partial charge in [-0.05, 0) is 78.2 Å². The van der Waals surface area contributed by atoms with Crippen LogP contribution in [0.5, 0.6) is 0 Å². The fourth-order valence-corrected chi connectivity index (χ4v) is 5.87. The number of fused-ring (bicyclic) bond motifs is 6. The van der Waals surface area contributed by atoms with E-state index in [4.69, 9.17) is 24.8 Å². The SMILES string of the molecule is C.C.C.C.C.C=C(O)CC.CC(C)=O.CCC.CCC.CCC.CCC(=O)NC.CCC(=O)NC.CCC(=O)NC.CCC(=O)O.CCS.CN.CN.CNC(=O)OCC1c2ccccc2-c2ccccc21.CNC(=O)OCC1c2ccccc2-c2ccccc21.CO. The Balaban J connectivity index is -0.0000000649. The Morgan fingerprint density at radius 2 is 0.581 bits per heavy atom. The summed E-state index contributed by atoms with van der Waals surface area (Å²) in [6.07, 6.45) is 5.60. The summed E-state index contributed by atoms with van der Waals surface area (Å²) in [6.45, 7) is 30.7. The van der Waals surface area contributed by atoms with Crippen molar-refractivity contribution in [2.45, 2.75) is 197 Å².